The molecule has 2 rings (SSSR count). The maximum atomic E-state index is 14.4. The average molecular weight is 496 g/mol. The van der Waals surface area contributed by atoms with Crippen molar-refractivity contribution >= 4 is 48.3 Å². The monoisotopic (exact) mass is 495 g/mol. The van der Waals surface area contributed by atoms with E-state index in [1.165, 1.54) is 12.4 Å². The van der Waals surface area contributed by atoms with Gasteiger partial charge in [0.05, 0.1) is 11.8 Å². The van der Waals surface area contributed by atoms with Crippen LogP contribution in [0.4, 0.5) is 15.2 Å². The molecule has 0 radical (unpaired) electrons. The highest BCUT2D eigenvalue weighted by atomic mass is 79.9. The summed E-state index contributed by atoms with van der Waals surface area (Å²) in [7, 11) is -4.10. The fourth-order valence-electron chi connectivity index (χ4n) is 2.46. The first-order valence-electron chi connectivity index (χ1n) is 8.74. The summed E-state index contributed by atoms with van der Waals surface area (Å²) in [5, 5.41) is 12.5. The minimum Gasteiger partial charge on any atom is -0.392 e. The number of hydrogen-bond acceptors (Lipinski definition) is 8. The van der Waals surface area contributed by atoms with Crippen LogP contribution >= 0.6 is 27.5 Å². The molecule has 0 aliphatic rings. The Morgan fingerprint density at radius 2 is 2.04 bits per heavy atom. The summed E-state index contributed by atoms with van der Waals surface area (Å²) in [5.41, 5.74) is 5.83. The van der Waals surface area contributed by atoms with Crippen LogP contribution in [0.5, 0.6) is 0 Å². The molecule has 1 aromatic carbocycles. The number of hydrogen-bond donors (Lipinski definition) is 4. The van der Waals surface area contributed by atoms with E-state index in [9.17, 15) is 17.9 Å². The molecule has 0 spiro atoms. The standard InChI is InChI=1S/C16H23BrFN5O3S2/c17-12-7-15(28(25,26)23-16-21-10-22-27-16)13(18)8-14(12)20-6-4-2-1-3-5-11(24)9-19/h7-8,10-11,20,24H,1-6,9,19H2,(H,21,22,23)/t11-/m1/s1. The molecule has 2 aromatic rings. The van der Waals surface area contributed by atoms with Gasteiger partial charge in [0, 0.05) is 29.1 Å². The van der Waals surface area contributed by atoms with Crippen LogP contribution in [0.3, 0.4) is 0 Å². The largest absolute Gasteiger partial charge is 0.392 e. The van der Waals surface area contributed by atoms with Gasteiger partial charge in [-0.15, -0.1) is 0 Å². The molecule has 0 saturated heterocycles. The van der Waals surface area contributed by atoms with Gasteiger partial charge in [-0.2, -0.15) is 4.37 Å². The second-order valence-electron chi connectivity index (χ2n) is 6.13. The summed E-state index contributed by atoms with van der Waals surface area (Å²) >= 11 is 4.14. The van der Waals surface area contributed by atoms with Gasteiger partial charge >= 0.3 is 0 Å². The number of nitrogens with zero attached hydrogens (tertiary/aromatic N) is 2. The molecular formula is C16H23BrFN5O3S2. The predicted octanol–water partition coefficient (Wildman–Crippen LogP) is 2.92. The lowest BCUT2D eigenvalue weighted by atomic mass is 10.1. The predicted molar refractivity (Wildman–Crippen MR) is 111 cm³/mol. The van der Waals surface area contributed by atoms with E-state index < -0.39 is 26.8 Å². The van der Waals surface area contributed by atoms with Crippen molar-refractivity contribution in [2.24, 2.45) is 5.73 Å². The van der Waals surface area contributed by atoms with Gasteiger partial charge in [-0.3, -0.25) is 4.72 Å². The molecule has 28 heavy (non-hydrogen) atoms. The Morgan fingerprint density at radius 1 is 1.29 bits per heavy atom. The third kappa shape index (κ3) is 6.92. The Bertz CT molecular complexity index is 852. The van der Waals surface area contributed by atoms with Gasteiger partial charge in [-0.25, -0.2) is 17.8 Å². The third-order valence-corrected chi connectivity index (χ3v) is 6.67. The molecule has 8 nitrogen and oxygen atoms in total. The molecule has 0 amide bonds. The third-order valence-electron chi connectivity index (χ3n) is 3.95. The van der Waals surface area contributed by atoms with E-state index in [4.69, 9.17) is 5.73 Å². The summed E-state index contributed by atoms with van der Waals surface area (Å²) in [4.78, 5) is 3.26. The fourth-order valence-corrected chi connectivity index (χ4v) is 4.84. The van der Waals surface area contributed by atoms with Crippen molar-refractivity contribution in [3.8, 4) is 0 Å². The van der Waals surface area contributed by atoms with Crippen molar-refractivity contribution < 1.29 is 17.9 Å². The number of anilines is 2. The van der Waals surface area contributed by atoms with Crippen LogP contribution < -0.4 is 15.8 Å². The quantitative estimate of drug-likeness (QED) is 0.333. The zero-order valence-corrected chi connectivity index (χ0v) is 18.3. The summed E-state index contributed by atoms with van der Waals surface area (Å²) in [6.45, 7) is 0.899. The van der Waals surface area contributed by atoms with Crippen LogP contribution in [0.15, 0.2) is 27.8 Å². The zero-order valence-electron chi connectivity index (χ0n) is 15.1. The van der Waals surface area contributed by atoms with E-state index in [1.54, 1.807) is 0 Å². The maximum absolute atomic E-state index is 14.4. The van der Waals surface area contributed by atoms with E-state index in [2.05, 4.69) is 35.3 Å². The van der Waals surface area contributed by atoms with Crippen molar-refractivity contribution in [2.45, 2.75) is 43.1 Å². The van der Waals surface area contributed by atoms with Gasteiger partial charge in [-0.05, 0) is 40.9 Å². The smallest absolute Gasteiger partial charge is 0.266 e. The molecule has 0 aliphatic heterocycles. The molecule has 0 unspecified atom stereocenters. The summed E-state index contributed by atoms with van der Waals surface area (Å²) in [5.74, 6) is -0.863. The van der Waals surface area contributed by atoms with Crippen molar-refractivity contribution in [3.63, 3.8) is 0 Å². The minimum absolute atomic E-state index is 0.0664. The molecule has 1 atom stereocenters. The Balaban J connectivity index is 1.87. The van der Waals surface area contributed by atoms with Gasteiger partial charge in [0.1, 0.15) is 17.0 Å². The highest BCUT2D eigenvalue weighted by Gasteiger charge is 2.22. The first-order valence-corrected chi connectivity index (χ1v) is 11.8. The first kappa shape index (κ1) is 22.9. The topological polar surface area (TPSA) is 130 Å². The lowest BCUT2D eigenvalue weighted by molar-refractivity contribution is 0.169. The second-order valence-corrected chi connectivity index (χ2v) is 9.42. The Kier molecular flexibility index (Phi) is 9.02. The van der Waals surface area contributed by atoms with Crippen molar-refractivity contribution in [2.75, 3.05) is 23.1 Å². The summed E-state index contributed by atoms with van der Waals surface area (Å²) in [6.07, 6.45) is 5.18. The molecule has 12 heteroatoms. The molecule has 1 heterocycles. The maximum Gasteiger partial charge on any atom is 0.266 e. The first-order chi connectivity index (χ1) is 13.3. The number of rotatable bonds is 12. The van der Waals surface area contributed by atoms with Gasteiger partial charge in [0.25, 0.3) is 10.0 Å². The van der Waals surface area contributed by atoms with E-state index >= 15 is 0 Å². The van der Waals surface area contributed by atoms with E-state index in [0.717, 1.165) is 43.3 Å². The van der Waals surface area contributed by atoms with E-state index in [-0.39, 0.29) is 11.7 Å². The van der Waals surface area contributed by atoms with E-state index in [1.807, 2.05) is 0 Å². The number of nitrogens with one attached hydrogen (secondary N) is 2. The fraction of sp³-hybridized carbons (Fsp3) is 0.500. The molecule has 0 bridgehead atoms. The summed E-state index contributed by atoms with van der Waals surface area (Å²) < 4.78 is 45.4. The number of unbranched alkanes of at least 4 members (excludes halogenated alkanes) is 3. The van der Waals surface area contributed by atoms with Gasteiger partial charge in [-0.1, -0.05) is 19.3 Å². The van der Waals surface area contributed by atoms with E-state index in [0.29, 0.717) is 23.1 Å². The average Bonchev–Trinajstić information content (AvgIpc) is 3.15. The van der Waals surface area contributed by atoms with Crippen molar-refractivity contribution in [1.29, 1.82) is 0 Å². The molecule has 156 valence electrons. The van der Waals surface area contributed by atoms with Gasteiger partial charge < -0.3 is 16.2 Å². The van der Waals surface area contributed by atoms with Crippen LogP contribution in [-0.4, -0.2) is 42.1 Å². The molecule has 1 aromatic heterocycles. The highest BCUT2D eigenvalue weighted by molar-refractivity contribution is 9.10. The molecular weight excluding hydrogens is 473 g/mol. The Labute approximate surface area is 176 Å². The van der Waals surface area contributed by atoms with Crippen LogP contribution in [0.1, 0.15) is 32.1 Å². The normalized spacial score (nSPS) is 12.7. The van der Waals surface area contributed by atoms with Crippen LogP contribution in [0.25, 0.3) is 0 Å². The number of nitrogens with two attached hydrogens (primary N) is 1. The SMILES string of the molecule is NC[C@H](O)CCCCCCNc1cc(F)c(S(=O)(=O)Nc2ncns2)cc1Br. The number of sulfonamides is 1. The van der Waals surface area contributed by atoms with Crippen molar-refractivity contribution in [1.82, 2.24) is 9.36 Å². The molecule has 0 aliphatic carbocycles. The zero-order chi connectivity index (χ0) is 20.6. The summed E-state index contributed by atoms with van der Waals surface area (Å²) in [6, 6.07) is 2.37. The van der Waals surface area contributed by atoms with Gasteiger partial charge in [0.15, 0.2) is 0 Å². The Morgan fingerprint density at radius 3 is 2.71 bits per heavy atom. The lowest BCUT2D eigenvalue weighted by Crippen LogP contribution is -2.19. The minimum atomic E-state index is -4.10. The highest BCUT2D eigenvalue weighted by Crippen LogP contribution is 2.29. The Hall–Kier alpha value is -1.34. The molecule has 0 fully saturated rings. The van der Waals surface area contributed by atoms with Crippen LogP contribution in [-0.2, 0) is 10.0 Å². The van der Waals surface area contributed by atoms with Crippen LogP contribution in [0.2, 0.25) is 0 Å². The number of benzene rings is 1. The van der Waals surface area contributed by atoms with Gasteiger partial charge in [0.2, 0.25) is 5.13 Å². The lowest BCUT2D eigenvalue weighted by Gasteiger charge is -2.12. The van der Waals surface area contributed by atoms with Crippen molar-refractivity contribution in [3.05, 3.63) is 28.7 Å². The molecule has 0 saturated carbocycles. The number of aliphatic hydroxyl groups excluding tert-OH is 1. The molecule has 5 N–H and O–H groups in total. The number of aliphatic hydroxyl groups is 1. The second kappa shape index (κ2) is 11.0. The number of halogens is 2. The number of aromatic nitrogens is 2. The van der Waals surface area contributed by atoms with Crippen LogP contribution in [0, 0.1) is 5.82 Å².